The molecule has 0 unspecified atom stereocenters. The number of thioether (sulfide) groups is 1. The third kappa shape index (κ3) is 4.23. The number of nitrogens with two attached hydrogens (primary N) is 1. The Morgan fingerprint density at radius 1 is 1.50 bits per heavy atom. The third-order valence-electron chi connectivity index (χ3n) is 1.88. The molecule has 0 aliphatic carbocycles. The molecule has 0 aromatic heterocycles. The minimum absolute atomic E-state index is 0.0868. The molecule has 0 aliphatic heterocycles. The Bertz CT molecular complexity index is 518. The summed E-state index contributed by atoms with van der Waals surface area (Å²) in [5.74, 6) is 0.271. The highest BCUT2D eigenvalue weighted by Gasteiger charge is 2.06. The van der Waals surface area contributed by atoms with Crippen molar-refractivity contribution in [1.82, 2.24) is 0 Å². The molecule has 4 nitrogen and oxygen atoms in total. The van der Waals surface area contributed by atoms with E-state index in [0.29, 0.717) is 11.3 Å². The van der Waals surface area contributed by atoms with Crippen LogP contribution in [-0.4, -0.2) is 19.9 Å². The lowest BCUT2D eigenvalue weighted by atomic mass is 10.2. The van der Waals surface area contributed by atoms with Crippen LogP contribution in [0.4, 0.5) is 0 Å². The van der Waals surface area contributed by atoms with E-state index in [1.165, 1.54) is 11.8 Å². The summed E-state index contributed by atoms with van der Waals surface area (Å²) in [6.07, 6.45) is 0. The second-order valence-electron chi connectivity index (χ2n) is 3.33. The average Bonchev–Trinajstić information content (AvgIpc) is 2.16. The number of hydrogen-bond acceptors (Lipinski definition) is 4. The van der Waals surface area contributed by atoms with Gasteiger partial charge >= 0.3 is 0 Å². The van der Waals surface area contributed by atoms with Gasteiger partial charge in [0.1, 0.15) is 6.07 Å². The quantitative estimate of drug-likeness (QED) is 0.822. The standard InChI is InChI=1S/C10H12N2O2S2/c1-8-2-3-9(7-11)10(6-8)15-4-5-16(12,13)14/h2-3,6H,4-5H2,1H3,(H2,12,13,14). The van der Waals surface area contributed by atoms with Crippen LogP contribution >= 0.6 is 11.8 Å². The Balaban J connectivity index is 2.74. The van der Waals surface area contributed by atoms with Crippen molar-refractivity contribution >= 4 is 21.8 Å². The summed E-state index contributed by atoms with van der Waals surface area (Å²) in [6.45, 7) is 1.92. The van der Waals surface area contributed by atoms with Gasteiger partial charge in [0.25, 0.3) is 0 Å². The Kier molecular flexibility index (Phi) is 4.35. The molecule has 2 N–H and O–H groups in total. The molecular weight excluding hydrogens is 244 g/mol. The maximum Gasteiger partial charge on any atom is 0.209 e. The van der Waals surface area contributed by atoms with E-state index in [9.17, 15) is 8.42 Å². The molecule has 0 spiro atoms. The number of benzene rings is 1. The summed E-state index contributed by atoms with van der Waals surface area (Å²) in [5.41, 5.74) is 1.60. The highest BCUT2D eigenvalue weighted by atomic mass is 32.2. The topological polar surface area (TPSA) is 83.9 Å². The lowest BCUT2D eigenvalue weighted by Crippen LogP contribution is -2.17. The van der Waals surface area contributed by atoms with Gasteiger partial charge in [-0.25, -0.2) is 13.6 Å². The van der Waals surface area contributed by atoms with Gasteiger partial charge in [-0.15, -0.1) is 11.8 Å². The fraction of sp³-hybridized carbons (Fsp3) is 0.300. The number of nitrogens with zero attached hydrogens (tertiary/aromatic N) is 1. The molecule has 0 heterocycles. The van der Waals surface area contributed by atoms with Crippen LogP contribution in [-0.2, 0) is 10.0 Å². The number of aryl methyl sites for hydroxylation is 1. The monoisotopic (exact) mass is 256 g/mol. The molecule has 0 fully saturated rings. The second-order valence-corrected chi connectivity index (χ2v) is 6.20. The largest absolute Gasteiger partial charge is 0.229 e. The van der Waals surface area contributed by atoms with Crippen molar-refractivity contribution in [3.05, 3.63) is 29.3 Å². The number of nitriles is 1. The van der Waals surface area contributed by atoms with Gasteiger partial charge < -0.3 is 0 Å². The van der Waals surface area contributed by atoms with E-state index < -0.39 is 10.0 Å². The second kappa shape index (κ2) is 5.34. The van der Waals surface area contributed by atoms with E-state index in [1.807, 2.05) is 19.1 Å². The van der Waals surface area contributed by atoms with Gasteiger partial charge in [-0.2, -0.15) is 5.26 Å². The molecule has 1 aromatic carbocycles. The first-order valence-corrected chi connectivity index (χ1v) is 7.26. The first kappa shape index (κ1) is 13.0. The number of primary sulfonamides is 1. The van der Waals surface area contributed by atoms with E-state index in [4.69, 9.17) is 10.4 Å². The third-order valence-corrected chi connectivity index (χ3v) is 3.97. The SMILES string of the molecule is Cc1ccc(C#N)c(SCCS(N)(=O)=O)c1. The number of sulfonamides is 1. The summed E-state index contributed by atoms with van der Waals surface area (Å²) >= 11 is 1.33. The Hall–Kier alpha value is -1.03. The molecule has 0 radical (unpaired) electrons. The van der Waals surface area contributed by atoms with Crippen LogP contribution in [0.15, 0.2) is 23.1 Å². The summed E-state index contributed by atoms with van der Waals surface area (Å²) < 4.78 is 21.5. The van der Waals surface area contributed by atoms with Crippen molar-refractivity contribution in [3.8, 4) is 6.07 Å². The maximum absolute atomic E-state index is 10.7. The van der Waals surface area contributed by atoms with Crippen molar-refractivity contribution in [2.75, 3.05) is 11.5 Å². The molecule has 0 bridgehead atoms. The van der Waals surface area contributed by atoms with E-state index in [1.54, 1.807) is 6.07 Å². The lowest BCUT2D eigenvalue weighted by Gasteiger charge is -2.04. The minimum atomic E-state index is -3.43. The highest BCUT2D eigenvalue weighted by Crippen LogP contribution is 2.23. The van der Waals surface area contributed by atoms with Gasteiger partial charge in [0, 0.05) is 10.6 Å². The molecule has 1 rings (SSSR count). The Labute approximate surface area is 99.5 Å². The zero-order valence-corrected chi connectivity index (χ0v) is 10.4. The predicted octanol–water partition coefficient (Wildman–Crippen LogP) is 1.25. The molecule has 0 saturated heterocycles. The van der Waals surface area contributed by atoms with Gasteiger partial charge in [-0.05, 0) is 24.6 Å². The van der Waals surface area contributed by atoms with Crippen molar-refractivity contribution < 1.29 is 8.42 Å². The molecule has 6 heteroatoms. The van der Waals surface area contributed by atoms with Gasteiger partial charge in [0.2, 0.25) is 10.0 Å². The van der Waals surface area contributed by atoms with Gasteiger partial charge in [-0.1, -0.05) is 6.07 Å². The van der Waals surface area contributed by atoms with Crippen molar-refractivity contribution in [2.45, 2.75) is 11.8 Å². The first-order valence-electron chi connectivity index (χ1n) is 4.56. The number of rotatable bonds is 4. The van der Waals surface area contributed by atoms with Crippen molar-refractivity contribution in [3.63, 3.8) is 0 Å². The normalized spacial score (nSPS) is 11.1. The highest BCUT2D eigenvalue weighted by molar-refractivity contribution is 8.00. The minimum Gasteiger partial charge on any atom is -0.229 e. The van der Waals surface area contributed by atoms with Crippen LogP contribution < -0.4 is 5.14 Å². The predicted molar refractivity (Wildman–Crippen MR) is 64.6 cm³/mol. The lowest BCUT2D eigenvalue weighted by molar-refractivity contribution is 0.599. The van der Waals surface area contributed by atoms with Crippen LogP contribution in [0.25, 0.3) is 0 Å². The van der Waals surface area contributed by atoms with Crippen LogP contribution in [0.5, 0.6) is 0 Å². The molecule has 1 aromatic rings. The smallest absolute Gasteiger partial charge is 0.209 e. The maximum atomic E-state index is 10.7. The van der Waals surface area contributed by atoms with Gasteiger partial charge in [0.15, 0.2) is 0 Å². The molecule has 16 heavy (non-hydrogen) atoms. The van der Waals surface area contributed by atoms with E-state index >= 15 is 0 Å². The molecule has 86 valence electrons. The van der Waals surface area contributed by atoms with E-state index in [2.05, 4.69) is 6.07 Å². The van der Waals surface area contributed by atoms with Crippen LogP contribution in [0.3, 0.4) is 0 Å². The zero-order chi connectivity index (χ0) is 12.2. The molecule has 0 amide bonds. The van der Waals surface area contributed by atoms with Crippen LogP contribution in [0.2, 0.25) is 0 Å². The summed E-state index contributed by atoms with van der Waals surface area (Å²) in [6, 6.07) is 7.52. The molecular formula is C10H12N2O2S2. The summed E-state index contributed by atoms with van der Waals surface area (Å²) in [5, 5.41) is 13.8. The van der Waals surface area contributed by atoms with Crippen LogP contribution in [0, 0.1) is 18.3 Å². The van der Waals surface area contributed by atoms with Crippen molar-refractivity contribution in [2.24, 2.45) is 5.14 Å². The molecule has 0 saturated carbocycles. The van der Waals surface area contributed by atoms with Crippen LogP contribution in [0.1, 0.15) is 11.1 Å². The van der Waals surface area contributed by atoms with Gasteiger partial charge in [0.05, 0.1) is 11.3 Å². The zero-order valence-electron chi connectivity index (χ0n) is 8.80. The summed E-state index contributed by atoms with van der Waals surface area (Å²) in [4.78, 5) is 0.797. The van der Waals surface area contributed by atoms with Gasteiger partial charge in [-0.3, -0.25) is 0 Å². The van der Waals surface area contributed by atoms with E-state index in [-0.39, 0.29) is 5.75 Å². The van der Waals surface area contributed by atoms with Crippen molar-refractivity contribution in [1.29, 1.82) is 5.26 Å². The van der Waals surface area contributed by atoms with E-state index in [0.717, 1.165) is 10.5 Å². The Morgan fingerprint density at radius 2 is 2.19 bits per heavy atom. The fourth-order valence-corrected chi connectivity index (χ4v) is 3.13. The summed E-state index contributed by atoms with van der Waals surface area (Å²) in [7, 11) is -3.43. The molecule has 0 aliphatic rings. The Morgan fingerprint density at radius 3 is 2.75 bits per heavy atom. The molecule has 0 atom stereocenters. The number of hydrogen-bond donors (Lipinski definition) is 1. The fourth-order valence-electron chi connectivity index (χ4n) is 1.11. The average molecular weight is 256 g/mol. The first-order chi connectivity index (χ1) is 7.42.